The van der Waals surface area contributed by atoms with Crippen molar-refractivity contribution in [1.82, 2.24) is 16.0 Å². The fourth-order valence-electron chi connectivity index (χ4n) is 3.74. The fourth-order valence-corrected chi connectivity index (χ4v) is 5.03. The monoisotopic (exact) mass is 559 g/mol. The molecule has 0 aromatic rings. The molecule has 37 heavy (non-hydrogen) atoms. The topological polar surface area (TPSA) is 143 Å². The third-order valence-electron chi connectivity index (χ3n) is 5.78. The Labute approximate surface area is 224 Å². The van der Waals surface area contributed by atoms with Crippen molar-refractivity contribution in [2.24, 2.45) is 11.8 Å². The summed E-state index contributed by atoms with van der Waals surface area (Å²) in [7, 11) is 3.13. The zero-order chi connectivity index (χ0) is 28.2. The minimum atomic E-state index is -1.05. The highest BCUT2D eigenvalue weighted by Crippen LogP contribution is 2.45. The number of allylic oxidation sites excluding steroid dienone is 1. The summed E-state index contributed by atoms with van der Waals surface area (Å²) in [5, 5.41) is 17.4. The molecule has 0 aromatic carbocycles. The van der Waals surface area contributed by atoms with E-state index in [9.17, 15) is 19.2 Å². The van der Waals surface area contributed by atoms with Crippen molar-refractivity contribution in [1.29, 1.82) is 0 Å². The minimum absolute atomic E-state index is 0.0237. The number of alkyl carbamates (subject to hydrolysis) is 1. The molecular weight excluding hydrogens is 516 g/mol. The fraction of sp³-hybridized carbons (Fsp3) is 0.680. The molecule has 1 heterocycles. The maximum Gasteiger partial charge on any atom is 0.408 e. The zero-order valence-electron chi connectivity index (χ0n) is 22.3. The SMILES string of the molecule is C=CCPC[C@H](NC(=O)OC(C)(C)C)C(=O)O.C=C[C@@H]1C[C@]1(NC(=O)[C@@H]1C[C@@H](CP)CN1)C(=O)OCC. The van der Waals surface area contributed by atoms with E-state index >= 15 is 0 Å². The zero-order valence-corrected chi connectivity index (χ0v) is 24.5. The number of amides is 2. The van der Waals surface area contributed by atoms with Crippen LogP contribution in [-0.2, 0) is 23.9 Å². The van der Waals surface area contributed by atoms with Crippen molar-refractivity contribution in [3.8, 4) is 0 Å². The number of aliphatic carboxylic acids is 1. The third-order valence-corrected chi connectivity index (χ3v) is 7.72. The summed E-state index contributed by atoms with van der Waals surface area (Å²) in [6.45, 7) is 15.4. The highest BCUT2D eigenvalue weighted by atomic mass is 31.1. The van der Waals surface area contributed by atoms with Gasteiger partial charge in [0, 0.05) is 5.92 Å². The van der Waals surface area contributed by atoms with E-state index in [4.69, 9.17) is 14.6 Å². The van der Waals surface area contributed by atoms with Crippen molar-refractivity contribution in [3.05, 3.63) is 25.3 Å². The molecule has 1 saturated heterocycles. The lowest BCUT2D eigenvalue weighted by Gasteiger charge is -2.21. The Morgan fingerprint density at radius 2 is 1.97 bits per heavy atom. The molecule has 12 heteroatoms. The van der Waals surface area contributed by atoms with Gasteiger partial charge in [0.1, 0.15) is 17.2 Å². The molecule has 2 rings (SSSR count). The number of carbonyl (C=O) groups excluding carboxylic acids is 3. The molecule has 0 aromatic heterocycles. The Kier molecular flexibility index (Phi) is 13.7. The van der Waals surface area contributed by atoms with E-state index in [-0.39, 0.29) is 23.8 Å². The average molecular weight is 560 g/mol. The van der Waals surface area contributed by atoms with Crippen LogP contribution in [0.1, 0.15) is 40.5 Å². The highest BCUT2D eigenvalue weighted by molar-refractivity contribution is 7.38. The van der Waals surface area contributed by atoms with E-state index < -0.39 is 29.2 Å². The molecule has 10 nitrogen and oxygen atoms in total. The van der Waals surface area contributed by atoms with E-state index in [2.05, 4.69) is 38.3 Å². The lowest BCUT2D eigenvalue weighted by molar-refractivity contribution is -0.149. The molecule has 2 unspecified atom stereocenters. The second-order valence-corrected chi connectivity index (χ2v) is 11.8. The summed E-state index contributed by atoms with van der Waals surface area (Å²) in [6, 6.07) is -1.11. The van der Waals surface area contributed by atoms with Crippen LogP contribution in [0.3, 0.4) is 0 Å². The molecule has 7 atom stereocenters. The van der Waals surface area contributed by atoms with Gasteiger partial charge in [-0.3, -0.25) is 4.79 Å². The number of esters is 1. The van der Waals surface area contributed by atoms with Gasteiger partial charge in [0.05, 0.1) is 12.6 Å². The maximum atomic E-state index is 12.3. The molecule has 2 fully saturated rings. The van der Waals surface area contributed by atoms with E-state index in [0.29, 0.717) is 33.7 Å². The Morgan fingerprint density at radius 3 is 2.43 bits per heavy atom. The highest BCUT2D eigenvalue weighted by Gasteiger charge is 2.61. The van der Waals surface area contributed by atoms with Crippen molar-refractivity contribution in [2.45, 2.75) is 63.8 Å². The van der Waals surface area contributed by atoms with Crippen LogP contribution in [0.4, 0.5) is 4.79 Å². The number of rotatable bonds is 12. The summed E-state index contributed by atoms with van der Waals surface area (Å²) in [5.74, 6) is -1.03. The molecule has 2 aliphatic rings. The lowest BCUT2D eigenvalue weighted by Crippen LogP contribution is -2.51. The Morgan fingerprint density at radius 1 is 1.30 bits per heavy atom. The summed E-state index contributed by atoms with van der Waals surface area (Å²) >= 11 is 0. The first-order chi connectivity index (χ1) is 17.3. The number of carboxylic acids is 1. The number of carboxylic acid groups (broad SMARTS) is 1. The van der Waals surface area contributed by atoms with Gasteiger partial charge in [-0.25, -0.2) is 14.4 Å². The van der Waals surface area contributed by atoms with Crippen LogP contribution in [-0.4, -0.2) is 83.9 Å². The van der Waals surface area contributed by atoms with Gasteiger partial charge < -0.3 is 30.5 Å². The van der Waals surface area contributed by atoms with E-state index in [0.717, 1.165) is 25.3 Å². The number of ether oxygens (including phenoxy) is 2. The normalized spacial score (nSPS) is 25.3. The quantitative estimate of drug-likeness (QED) is 0.124. The van der Waals surface area contributed by atoms with Crippen molar-refractivity contribution in [3.63, 3.8) is 0 Å². The third kappa shape index (κ3) is 11.1. The van der Waals surface area contributed by atoms with Gasteiger partial charge >= 0.3 is 18.0 Å². The minimum Gasteiger partial charge on any atom is -0.480 e. The molecule has 0 bridgehead atoms. The van der Waals surface area contributed by atoms with Crippen molar-refractivity contribution < 1.29 is 33.8 Å². The molecule has 1 aliphatic carbocycles. The van der Waals surface area contributed by atoms with Gasteiger partial charge in [0.25, 0.3) is 0 Å². The molecule has 1 aliphatic heterocycles. The maximum absolute atomic E-state index is 12.3. The smallest absolute Gasteiger partial charge is 0.408 e. The van der Waals surface area contributed by atoms with Gasteiger partial charge in [-0.05, 0) is 71.5 Å². The molecule has 0 spiro atoms. The molecule has 210 valence electrons. The molecular formula is C25H43N3O7P2. The second-order valence-electron chi connectivity index (χ2n) is 10.0. The first-order valence-corrected chi connectivity index (χ1v) is 14.7. The van der Waals surface area contributed by atoms with Gasteiger partial charge in [0.2, 0.25) is 5.91 Å². The van der Waals surface area contributed by atoms with E-state index in [1.165, 1.54) is 0 Å². The Bertz CT molecular complexity index is 834. The largest absolute Gasteiger partial charge is 0.480 e. The van der Waals surface area contributed by atoms with Crippen LogP contribution in [0, 0.1) is 11.8 Å². The molecule has 2 amide bonds. The molecule has 1 saturated carbocycles. The Balaban J connectivity index is 0.000000377. The van der Waals surface area contributed by atoms with Crippen LogP contribution in [0.2, 0.25) is 0 Å². The average Bonchev–Trinajstić information content (AvgIpc) is 3.31. The summed E-state index contributed by atoms with van der Waals surface area (Å²) in [5.41, 5.74) is -1.51. The van der Waals surface area contributed by atoms with Gasteiger partial charge in [-0.2, -0.15) is 0 Å². The van der Waals surface area contributed by atoms with E-state index in [1.54, 1.807) is 39.8 Å². The summed E-state index contributed by atoms with van der Waals surface area (Å²) in [4.78, 5) is 46.7. The second kappa shape index (κ2) is 15.4. The molecule has 0 radical (unpaired) electrons. The number of hydrogen-bond acceptors (Lipinski definition) is 7. The van der Waals surface area contributed by atoms with Crippen LogP contribution < -0.4 is 16.0 Å². The van der Waals surface area contributed by atoms with Crippen LogP contribution in [0.15, 0.2) is 25.3 Å². The van der Waals surface area contributed by atoms with Crippen LogP contribution >= 0.6 is 17.8 Å². The van der Waals surface area contributed by atoms with Crippen LogP contribution in [0.25, 0.3) is 0 Å². The molecule has 4 N–H and O–H groups in total. The van der Waals surface area contributed by atoms with Gasteiger partial charge in [-0.1, -0.05) is 12.2 Å². The van der Waals surface area contributed by atoms with Crippen molar-refractivity contribution >= 4 is 41.8 Å². The van der Waals surface area contributed by atoms with Gasteiger partial charge in [0.15, 0.2) is 0 Å². The first kappa shape index (κ1) is 33.0. The van der Waals surface area contributed by atoms with Crippen LogP contribution in [0.5, 0.6) is 0 Å². The predicted molar refractivity (Wildman–Crippen MR) is 149 cm³/mol. The standard InChI is InChI=1S/C14H23N2O3P.C11H20NO4P/c1-3-10-6-14(10,13(18)19-4-2)16-12(17)11-5-9(8-20)7-15-11;1-5-6-17-7-8(9(13)14)12-10(15)16-11(2,3)4/h3,9-11,15H,1,4-8,20H2,2H3,(H,16,17);5,8,17H,1,6-7H2,2-4H3,(H,12,15)(H,13,14)/t9-,10-,11+,14-;8-/m10/s1. The Hall–Kier alpha value is -2.02. The predicted octanol–water partition coefficient (Wildman–Crippen LogP) is 2.29. The number of hydrogen-bond donors (Lipinski definition) is 4. The first-order valence-electron chi connectivity index (χ1n) is 12.4. The number of nitrogens with one attached hydrogen (secondary N) is 3. The summed E-state index contributed by atoms with van der Waals surface area (Å²) in [6.07, 6.45) is 6.26. The number of carbonyl (C=O) groups is 4. The lowest BCUT2D eigenvalue weighted by atomic mass is 10.1. The van der Waals surface area contributed by atoms with Gasteiger partial charge in [-0.15, -0.1) is 31.0 Å². The summed E-state index contributed by atoms with van der Waals surface area (Å²) < 4.78 is 10.1. The van der Waals surface area contributed by atoms with E-state index in [1.807, 2.05) is 0 Å². The van der Waals surface area contributed by atoms with Crippen molar-refractivity contribution in [2.75, 3.05) is 31.6 Å².